The summed E-state index contributed by atoms with van der Waals surface area (Å²) in [6.45, 7) is 1.97. The minimum atomic E-state index is -2.93. The zero-order valence-corrected chi connectivity index (χ0v) is 15.2. The van der Waals surface area contributed by atoms with Crippen molar-refractivity contribution in [1.82, 2.24) is 15.6 Å². The first-order valence-electron chi connectivity index (χ1n) is 8.08. The Hall–Kier alpha value is -2.04. The normalized spacial score (nSPS) is 15.2. The number of halogens is 2. The summed E-state index contributed by atoms with van der Waals surface area (Å²) >= 11 is 5.14. The molecule has 1 aromatic rings. The van der Waals surface area contributed by atoms with Gasteiger partial charge in [0, 0.05) is 26.2 Å². The van der Waals surface area contributed by atoms with E-state index in [4.69, 9.17) is 21.7 Å². The average molecular weight is 388 g/mol. The van der Waals surface area contributed by atoms with Crippen LogP contribution in [0.2, 0.25) is 0 Å². The fourth-order valence-electron chi connectivity index (χ4n) is 2.32. The third kappa shape index (κ3) is 7.06. The highest BCUT2D eigenvalue weighted by molar-refractivity contribution is 7.80. The number of morpholine rings is 1. The van der Waals surface area contributed by atoms with Crippen LogP contribution in [0.3, 0.4) is 0 Å². The molecule has 144 valence electrons. The lowest BCUT2D eigenvalue weighted by Crippen LogP contribution is -2.42. The molecule has 0 aromatic heterocycles. The van der Waals surface area contributed by atoms with Gasteiger partial charge >= 0.3 is 6.61 Å². The van der Waals surface area contributed by atoms with Crippen molar-refractivity contribution in [2.45, 2.75) is 6.61 Å². The molecule has 0 atom stereocenters. The van der Waals surface area contributed by atoms with Crippen molar-refractivity contribution in [1.29, 1.82) is 0 Å². The molecule has 10 heteroatoms. The standard InChI is InChI=1S/C16H22F2N4O3S/c1-23-13-3-2-12(10-14(13)25-15(17)18)11-20-21-16(26)19-4-5-22-6-8-24-9-7-22/h2-3,10-11,15H,4-9H2,1H3,(H2,19,21,26)/b20-11-. The number of nitrogens with one attached hydrogen (secondary N) is 2. The molecule has 1 aliphatic heterocycles. The number of hydrogen-bond acceptors (Lipinski definition) is 6. The van der Waals surface area contributed by atoms with Gasteiger partial charge in [-0.1, -0.05) is 0 Å². The Kier molecular flexibility index (Phi) is 8.45. The summed E-state index contributed by atoms with van der Waals surface area (Å²) in [5.74, 6) is 0.161. The molecule has 26 heavy (non-hydrogen) atoms. The first kappa shape index (κ1) is 20.3. The van der Waals surface area contributed by atoms with Crippen molar-refractivity contribution in [3.8, 4) is 11.5 Å². The van der Waals surface area contributed by atoms with E-state index >= 15 is 0 Å². The van der Waals surface area contributed by atoms with Gasteiger partial charge in [-0.3, -0.25) is 10.3 Å². The van der Waals surface area contributed by atoms with Crippen LogP contribution in [-0.4, -0.2) is 69.3 Å². The maximum Gasteiger partial charge on any atom is 0.387 e. The number of ether oxygens (including phenoxy) is 3. The molecule has 0 unspecified atom stereocenters. The molecular weight excluding hydrogens is 366 g/mol. The van der Waals surface area contributed by atoms with E-state index < -0.39 is 6.61 Å². The van der Waals surface area contributed by atoms with Crippen molar-refractivity contribution < 1.29 is 23.0 Å². The van der Waals surface area contributed by atoms with Crippen molar-refractivity contribution in [3.63, 3.8) is 0 Å². The molecule has 1 heterocycles. The van der Waals surface area contributed by atoms with Crippen LogP contribution in [0, 0.1) is 0 Å². The second-order valence-electron chi connectivity index (χ2n) is 5.37. The van der Waals surface area contributed by atoms with Gasteiger partial charge in [0.2, 0.25) is 0 Å². The van der Waals surface area contributed by atoms with Gasteiger partial charge in [0.1, 0.15) is 0 Å². The predicted octanol–water partition coefficient (Wildman–Crippen LogP) is 1.43. The molecule has 0 aliphatic carbocycles. The number of hydrazone groups is 1. The van der Waals surface area contributed by atoms with Gasteiger partial charge in [-0.05, 0) is 36.0 Å². The molecule has 0 spiro atoms. The van der Waals surface area contributed by atoms with E-state index in [9.17, 15) is 8.78 Å². The highest BCUT2D eigenvalue weighted by Crippen LogP contribution is 2.28. The third-order valence-corrected chi connectivity index (χ3v) is 3.84. The summed E-state index contributed by atoms with van der Waals surface area (Å²) in [7, 11) is 1.38. The number of thiocarbonyl (C=S) groups is 1. The van der Waals surface area contributed by atoms with Crippen LogP contribution < -0.4 is 20.2 Å². The second kappa shape index (κ2) is 10.8. The Morgan fingerprint density at radius 2 is 2.15 bits per heavy atom. The van der Waals surface area contributed by atoms with E-state index in [0.717, 1.165) is 32.8 Å². The maximum absolute atomic E-state index is 12.4. The second-order valence-corrected chi connectivity index (χ2v) is 5.78. The Morgan fingerprint density at radius 3 is 2.85 bits per heavy atom. The van der Waals surface area contributed by atoms with Gasteiger partial charge in [-0.15, -0.1) is 0 Å². The molecule has 2 rings (SSSR count). The van der Waals surface area contributed by atoms with Gasteiger partial charge in [-0.2, -0.15) is 13.9 Å². The van der Waals surface area contributed by atoms with Crippen molar-refractivity contribution in [2.24, 2.45) is 5.10 Å². The number of hydrogen-bond donors (Lipinski definition) is 2. The highest BCUT2D eigenvalue weighted by atomic mass is 32.1. The van der Waals surface area contributed by atoms with E-state index in [2.05, 4.69) is 25.5 Å². The van der Waals surface area contributed by atoms with Gasteiger partial charge in [0.25, 0.3) is 0 Å². The van der Waals surface area contributed by atoms with E-state index in [-0.39, 0.29) is 11.5 Å². The molecular formula is C16H22F2N4O3S. The predicted molar refractivity (Wildman–Crippen MR) is 98.2 cm³/mol. The van der Waals surface area contributed by atoms with Gasteiger partial charge in [0.15, 0.2) is 16.6 Å². The summed E-state index contributed by atoms with van der Waals surface area (Å²) in [4.78, 5) is 2.28. The lowest BCUT2D eigenvalue weighted by Gasteiger charge is -2.26. The fourth-order valence-corrected chi connectivity index (χ4v) is 2.47. The Labute approximate surface area is 156 Å². The summed E-state index contributed by atoms with van der Waals surface area (Å²) in [6, 6.07) is 4.60. The molecule has 0 radical (unpaired) electrons. The molecule has 1 fully saturated rings. The van der Waals surface area contributed by atoms with Gasteiger partial charge in [0.05, 0.1) is 26.5 Å². The van der Waals surface area contributed by atoms with E-state index in [0.29, 0.717) is 17.2 Å². The number of nitrogens with zero attached hydrogens (tertiary/aromatic N) is 2. The Morgan fingerprint density at radius 1 is 1.38 bits per heavy atom. The van der Waals surface area contributed by atoms with Crippen molar-refractivity contribution >= 4 is 23.5 Å². The number of methoxy groups -OCH3 is 1. The van der Waals surface area contributed by atoms with Crippen molar-refractivity contribution in [3.05, 3.63) is 23.8 Å². The Bertz CT molecular complexity index is 613. The molecule has 1 aliphatic rings. The number of alkyl halides is 2. The number of benzene rings is 1. The van der Waals surface area contributed by atoms with Crippen LogP contribution in [0.25, 0.3) is 0 Å². The average Bonchev–Trinajstić information content (AvgIpc) is 2.62. The first-order valence-corrected chi connectivity index (χ1v) is 8.49. The van der Waals surface area contributed by atoms with E-state index in [1.165, 1.54) is 25.5 Å². The Balaban J connectivity index is 1.76. The summed E-state index contributed by atoms with van der Waals surface area (Å²) in [5, 5.41) is 7.42. The zero-order chi connectivity index (χ0) is 18.8. The summed E-state index contributed by atoms with van der Waals surface area (Å²) in [5.41, 5.74) is 3.24. The van der Waals surface area contributed by atoms with Crippen LogP contribution in [0.5, 0.6) is 11.5 Å². The molecule has 2 N–H and O–H groups in total. The van der Waals surface area contributed by atoms with Crippen LogP contribution in [0.1, 0.15) is 5.56 Å². The first-order chi connectivity index (χ1) is 12.6. The quantitative estimate of drug-likeness (QED) is 0.397. The molecule has 1 saturated heterocycles. The van der Waals surface area contributed by atoms with Gasteiger partial charge in [-0.25, -0.2) is 0 Å². The monoisotopic (exact) mass is 388 g/mol. The minimum absolute atomic E-state index is 0.0577. The van der Waals surface area contributed by atoms with Crippen LogP contribution >= 0.6 is 12.2 Å². The molecule has 7 nitrogen and oxygen atoms in total. The van der Waals surface area contributed by atoms with E-state index in [1.54, 1.807) is 6.07 Å². The van der Waals surface area contributed by atoms with Crippen LogP contribution in [0.15, 0.2) is 23.3 Å². The summed E-state index contributed by atoms with van der Waals surface area (Å²) < 4.78 is 39.5. The molecule has 1 aromatic carbocycles. The topological polar surface area (TPSA) is 67.4 Å². The zero-order valence-electron chi connectivity index (χ0n) is 14.4. The lowest BCUT2D eigenvalue weighted by molar-refractivity contribution is -0.0512. The SMILES string of the molecule is COc1ccc(/C=N\NC(=S)NCCN2CCOCC2)cc1OC(F)F. The fraction of sp³-hybridized carbons (Fsp3) is 0.500. The van der Waals surface area contributed by atoms with Gasteiger partial charge < -0.3 is 19.5 Å². The lowest BCUT2D eigenvalue weighted by atomic mass is 10.2. The smallest absolute Gasteiger partial charge is 0.387 e. The summed E-state index contributed by atoms with van der Waals surface area (Å²) in [6.07, 6.45) is 1.45. The van der Waals surface area contributed by atoms with Crippen LogP contribution in [0.4, 0.5) is 8.78 Å². The van der Waals surface area contributed by atoms with Crippen LogP contribution in [-0.2, 0) is 4.74 Å². The molecule has 0 amide bonds. The third-order valence-electron chi connectivity index (χ3n) is 3.60. The number of rotatable bonds is 8. The molecule has 0 saturated carbocycles. The largest absolute Gasteiger partial charge is 0.493 e. The maximum atomic E-state index is 12.4. The highest BCUT2D eigenvalue weighted by Gasteiger charge is 2.11. The minimum Gasteiger partial charge on any atom is -0.493 e. The van der Waals surface area contributed by atoms with E-state index in [1.807, 2.05) is 0 Å². The molecule has 0 bridgehead atoms. The van der Waals surface area contributed by atoms with Crippen molar-refractivity contribution in [2.75, 3.05) is 46.5 Å².